The van der Waals surface area contributed by atoms with E-state index in [1.807, 2.05) is 0 Å². The van der Waals surface area contributed by atoms with Crippen molar-refractivity contribution in [3.8, 4) is 0 Å². The van der Waals surface area contributed by atoms with Gasteiger partial charge in [-0.05, 0) is 23.8 Å². The predicted octanol–water partition coefficient (Wildman–Crippen LogP) is 3.30. The Balaban J connectivity index is 2.26. The van der Waals surface area contributed by atoms with E-state index >= 15 is 0 Å². The zero-order chi connectivity index (χ0) is 9.10. The van der Waals surface area contributed by atoms with Crippen LogP contribution < -0.4 is 5.32 Å². The highest BCUT2D eigenvalue weighted by Crippen LogP contribution is 2.38. The number of hydrogen-bond donors (Lipinski definition) is 1. The zero-order valence-corrected chi connectivity index (χ0v) is 8.73. The van der Waals surface area contributed by atoms with E-state index in [0.29, 0.717) is 5.25 Å². The number of hydrogen-bond acceptors (Lipinski definition) is 2. The molecule has 2 heteroatoms. The first-order valence-corrected chi connectivity index (χ1v) is 5.91. The zero-order valence-electron chi connectivity index (χ0n) is 7.92. The fourth-order valence-electron chi connectivity index (χ4n) is 1.81. The number of benzene rings is 1. The summed E-state index contributed by atoms with van der Waals surface area (Å²) in [4.78, 5) is 0. The normalized spacial score (nSPS) is 20.5. The summed E-state index contributed by atoms with van der Waals surface area (Å²) in [7, 11) is 0. The lowest BCUT2D eigenvalue weighted by molar-refractivity contribution is 0.811. The second-order valence-corrected chi connectivity index (χ2v) is 4.73. The van der Waals surface area contributed by atoms with Gasteiger partial charge in [0.05, 0.1) is 0 Å². The first kappa shape index (κ1) is 8.95. The minimum atomic E-state index is 0.711. The van der Waals surface area contributed by atoms with Gasteiger partial charge in [0, 0.05) is 17.5 Å². The fourth-order valence-corrected chi connectivity index (χ4v) is 2.88. The fraction of sp³-hybridized carbons (Fsp3) is 0.455. The maximum Gasteiger partial charge on any atom is 0.0384 e. The lowest BCUT2D eigenvalue weighted by Crippen LogP contribution is -2.14. The molecule has 1 aromatic rings. The smallest absolute Gasteiger partial charge is 0.0384 e. The molecule has 0 saturated heterocycles. The second kappa shape index (κ2) is 4.05. The number of thioether (sulfide) groups is 1. The van der Waals surface area contributed by atoms with Crippen molar-refractivity contribution in [1.82, 2.24) is 0 Å². The van der Waals surface area contributed by atoms with Gasteiger partial charge in [0.15, 0.2) is 0 Å². The standard InChI is InChI=1S/C11H15NS/c1-2-13-11-7-8-12-10-6-4-3-5-9(10)11/h3-6,11-12H,2,7-8H2,1H3/t11-/m0/s1. The molecule has 0 saturated carbocycles. The Morgan fingerprint density at radius 2 is 2.31 bits per heavy atom. The van der Waals surface area contributed by atoms with Gasteiger partial charge in [-0.25, -0.2) is 0 Å². The van der Waals surface area contributed by atoms with Gasteiger partial charge in [-0.3, -0.25) is 0 Å². The minimum Gasteiger partial charge on any atom is -0.385 e. The Morgan fingerprint density at radius 3 is 3.15 bits per heavy atom. The van der Waals surface area contributed by atoms with E-state index in [1.54, 1.807) is 0 Å². The van der Waals surface area contributed by atoms with Gasteiger partial charge in [-0.1, -0.05) is 25.1 Å². The van der Waals surface area contributed by atoms with E-state index in [0.717, 1.165) is 6.54 Å². The third-order valence-electron chi connectivity index (χ3n) is 2.40. The van der Waals surface area contributed by atoms with Crippen molar-refractivity contribution in [3.63, 3.8) is 0 Å². The lowest BCUT2D eigenvalue weighted by atomic mass is 10.0. The van der Waals surface area contributed by atoms with E-state index in [2.05, 4.69) is 48.3 Å². The Bertz CT molecular complexity index is 285. The molecule has 1 aliphatic rings. The summed E-state index contributed by atoms with van der Waals surface area (Å²) in [6, 6.07) is 8.66. The predicted molar refractivity (Wildman–Crippen MR) is 60.4 cm³/mol. The third-order valence-corrected chi connectivity index (χ3v) is 3.62. The summed E-state index contributed by atoms with van der Waals surface area (Å²) in [6.07, 6.45) is 1.26. The molecule has 1 aliphatic heterocycles. The van der Waals surface area contributed by atoms with E-state index < -0.39 is 0 Å². The van der Waals surface area contributed by atoms with Crippen LogP contribution in [0, 0.1) is 0 Å². The average molecular weight is 193 g/mol. The molecule has 1 N–H and O–H groups in total. The molecule has 0 aliphatic carbocycles. The average Bonchev–Trinajstić information content (AvgIpc) is 2.19. The van der Waals surface area contributed by atoms with Gasteiger partial charge in [-0.2, -0.15) is 11.8 Å². The van der Waals surface area contributed by atoms with Crippen LogP contribution in [-0.4, -0.2) is 12.3 Å². The van der Waals surface area contributed by atoms with Gasteiger partial charge < -0.3 is 5.32 Å². The van der Waals surface area contributed by atoms with Crippen molar-refractivity contribution < 1.29 is 0 Å². The van der Waals surface area contributed by atoms with Gasteiger partial charge in [0.25, 0.3) is 0 Å². The highest BCUT2D eigenvalue weighted by atomic mass is 32.2. The van der Waals surface area contributed by atoms with Crippen molar-refractivity contribution in [2.75, 3.05) is 17.6 Å². The summed E-state index contributed by atoms with van der Waals surface area (Å²) in [5.41, 5.74) is 2.82. The van der Waals surface area contributed by atoms with Crippen LogP contribution in [0.1, 0.15) is 24.2 Å². The molecule has 1 aromatic carbocycles. The first-order chi connectivity index (χ1) is 6.42. The molecular formula is C11H15NS. The molecule has 0 spiro atoms. The monoisotopic (exact) mass is 193 g/mol. The number of nitrogens with one attached hydrogen (secondary N) is 1. The van der Waals surface area contributed by atoms with Crippen LogP contribution in [0.2, 0.25) is 0 Å². The third kappa shape index (κ3) is 1.83. The Morgan fingerprint density at radius 1 is 1.46 bits per heavy atom. The second-order valence-electron chi connectivity index (χ2n) is 3.25. The molecule has 0 fully saturated rings. The van der Waals surface area contributed by atoms with Crippen molar-refractivity contribution >= 4 is 17.4 Å². The van der Waals surface area contributed by atoms with Crippen LogP contribution in [-0.2, 0) is 0 Å². The van der Waals surface area contributed by atoms with Gasteiger partial charge in [-0.15, -0.1) is 0 Å². The summed E-state index contributed by atoms with van der Waals surface area (Å²) in [5, 5.41) is 4.15. The summed E-state index contributed by atoms with van der Waals surface area (Å²) in [6.45, 7) is 3.35. The number of rotatable bonds is 2. The maximum atomic E-state index is 3.44. The molecule has 2 rings (SSSR count). The van der Waals surface area contributed by atoms with Crippen molar-refractivity contribution in [3.05, 3.63) is 29.8 Å². The van der Waals surface area contributed by atoms with E-state index in [4.69, 9.17) is 0 Å². The summed E-state index contributed by atoms with van der Waals surface area (Å²) < 4.78 is 0. The molecule has 1 nitrogen and oxygen atoms in total. The molecule has 70 valence electrons. The Kier molecular flexibility index (Phi) is 2.79. The summed E-state index contributed by atoms with van der Waals surface area (Å²) >= 11 is 2.05. The van der Waals surface area contributed by atoms with E-state index in [-0.39, 0.29) is 0 Å². The molecule has 0 aromatic heterocycles. The molecule has 0 amide bonds. The Hall–Kier alpha value is -0.630. The molecule has 0 radical (unpaired) electrons. The van der Waals surface area contributed by atoms with E-state index in [1.165, 1.54) is 23.4 Å². The summed E-state index contributed by atoms with van der Waals surface area (Å²) in [5.74, 6) is 1.21. The number of para-hydroxylation sites is 1. The topological polar surface area (TPSA) is 12.0 Å². The minimum absolute atomic E-state index is 0.711. The molecule has 0 unspecified atom stereocenters. The maximum absolute atomic E-state index is 3.44. The molecule has 1 atom stereocenters. The quantitative estimate of drug-likeness (QED) is 0.773. The number of anilines is 1. The van der Waals surface area contributed by atoms with Gasteiger partial charge >= 0.3 is 0 Å². The van der Waals surface area contributed by atoms with Gasteiger partial charge in [0.2, 0.25) is 0 Å². The molecule has 0 bridgehead atoms. The SMILES string of the molecule is CCS[C@H]1CCNc2ccccc21. The first-order valence-electron chi connectivity index (χ1n) is 4.86. The van der Waals surface area contributed by atoms with Crippen LogP contribution in [0.25, 0.3) is 0 Å². The largest absolute Gasteiger partial charge is 0.385 e. The molecule has 13 heavy (non-hydrogen) atoms. The van der Waals surface area contributed by atoms with Gasteiger partial charge in [0.1, 0.15) is 0 Å². The van der Waals surface area contributed by atoms with Crippen LogP contribution in [0.15, 0.2) is 24.3 Å². The molecular weight excluding hydrogens is 178 g/mol. The lowest BCUT2D eigenvalue weighted by Gasteiger charge is -2.25. The Labute approximate surface area is 83.9 Å². The van der Waals surface area contributed by atoms with Crippen molar-refractivity contribution in [2.45, 2.75) is 18.6 Å². The highest BCUT2D eigenvalue weighted by Gasteiger charge is 2.18. The van der Waals surface area contributed by atoms with Crippen LogP contribution in [0.3, 0.4) is 0 Å². The van der Waals surface area contributed by atoms with Crippen molar-refractivity contribution in [1.29, 1.82) is 0 Å². The van der Waals surface area contributed by atoms with E-state index in [9.17, 15) is 0 Å². The van der Waals surface area contributed by atoms with Crippen LogP contribution >= 0.6 is 11.8 Å². The highest BCUT2D eigenvalue weighted by molar-refractivity contribution is 7.99. The van der Waals surface area contributed by atoms with Crippen LogP contribution in [0.4, 0.5) is 5.69 Å². The van der Waals surface area contributed by atoms with Crippen LogP contribution in [0.5, 0.6) is 0 Å². The molecule has 1 heterocycles. The van der Waals surface area contributed by atoms with Crippen molar-refractivity contribution in [2.24, 2.45) is 0 Å². The number of fused-ring (bicyclic) bond motifs is 1.